The Bertz CT molecular complexity index is 893. The van der Waals surface area contributed by atoms with Crippen LogP contribution in [0.15, 0.2) is 18.2 Å². The monoisotopic (exact) mass is 472 g/mol. The number of esters is 1. The third-order valence-electron chi connectivity index (χ3n) is 7.36. The Kier molecular flexibility index (Phi) is 7.33. The van der Waals surface area contributed by atoms with Crippen molar-refractivity contribution in [1.29, 1.82) is 0 Å². The van der Waals surface area contributed by atoms with Gasteiger partial charge in [-0.2, -0.15) is 0 Å². The average molecular weight is 473 g/mol. The number of nitrogens with one attached hydrogen (secondary N) is 2. The molecule has 34 heavy (non-hydrogen) atoms. The number of hydrogen-bond donors (Lipinski definition) is 2. The van der Waals surface area contributed by atoms with Gasteiger partial charge in [0.2, 0.25) is 0 Å². The van der Waals surface area contributed by atoms with E-state index >= 15 is 0 Å². The molecule has 1 aromatic rings. The summed E-state index contributed by atoms with van der Waals surface area (Å²) in [4.78, 5) is 37.1. The largest absolute Gasteiger partial charge is 0.493 e. The Hall–Kier alpha value is -2.77. The second-order valence-corrected chi connectivity index (χ2v) is 10.7. The highest BCUT2D eigenvalue weighted by atomic mass is 16.5. The van der Waals surface area contributed by atoms with Crippen LogP contribution in [0, 0.1) is 23.7 Å². The molecule has 0 saturated heterocycles. The molecule has 186 valence electrons. The molecule has 0 aliphatic heterocycles. The molecule has 8 nitrogen and oxygen atoms in total. The van der Waals surface area contributed by atoms with Crippen LogP contribution in [0.1, 0.15) is 69.2 Å². The molecule has 4 fully saturated rings. The number of urea groups is 1. The lowest BCUT2D eigenvalue weighted by Gasteiger charge is -2.56. The summed E-state index contributed by atoms with van der Waals surface area (Å²) in [5, 5.41) is 5.39. The minimum absolute atomic E-state index is 0.189. The zero-order valence-corrected chi connectivity index (χ0v) is 20.4. The van der Waals surface area contributed by atoms with E-state index in [1.54, 1.807) is 12.1 Å². The average Bonchev–Trinajstić information content (AvgIpc) is 2.76. The van der Waals surface area contributed by atoms with Crippen LogP contribution in [-0.2, 0) is 9.53 Å². The summed E-state index contributed by atoms with van der Waals surface area (Å²) in [5.41, 5.74) is 0.0459. The Balaban J connectivity index is 1.24. The zero-order valence-electron chi connectivity index (χ0n) is 20.4. The Morgan fingerprint density at radius 1 is 1.03 bits per heavy atom. The number of imide groups is 1. The summed E-state index contributed by atoms with van der Waals surface area (Å²) in [6.07, 6.45) is 7.70. The Labute approximate surface area is 201 Å². The predicted octanol–water partition coefficient (Wildman–Crippen LogP) is 4.07. The van der Waals surface area contributed by atoms with Crippen LogP contribution < -0.4 is 20.1 Å². The molecule has 0 unspecified atom stereocenters. The number of methoxy groups -OCH3 is 1. The van der Waals surface area contributed by atoms with Crippen molar-refractivity contribution in [3.05, 3.63) is 23.8 Å². The number of benzene rings is 1. The highest BCUT2D eigenvalue weighted by Gasteiger charge is 2.51. The lowest BCUT2D eigenvalue weighted by Crippen LogP contribution is -2.62. The van der Waals surface area contributed by atoms with Crippen LogP contribution in [-0.4, -0.2) is 43.8 Å². The minimum atomic E-state index is -0.677. The van der Waals surface area contributed by atoms with Crippen molar-refractivity contribution in [2.45, 2.75) is 64.3 Å². The molecule has 0 spiro atoms. The van der Waals surface area contributed by atoms with Gasteiger partial charge in [0.25, 0.3) is 5.91 Å². The van der Waals surface area contributed by atoms with Gasteiger partial charge in [-0.25, -0.2) is 9.59 Å². The molecular formula is C26H36N2O6. The van der Waals surface area contributed by atoms with Crippen molar-refractivity contribution >= 4 is 17.9 Å². The number of amides is 3. The molecule has 8 heteroatoms. The lowest BCUT2D eigenvalue weighted by molar-refractivity contribution is -0.123. The first kappa shape index (κ1) is 24.4. The molecule has 4 bridgehead atoms. The van der Waals surface area contributed by atoms with E-state index in [0.717, 1.165) is 25.7 Å². The normalized spacial score (nSPS) is 26.8. The van der Waals surface area contributed by atoms with Crippen molar-refractivity contribution < 1.29 is 28.6 Å². The van der Waals surface area contributed by atoms with Gasteiger partial charge in [0, 0.05) is 5.54 Å². The second kappa shape index (κ2) is 10.2. The van der Waals surface area contributed by atoms with Crippen molar-refractivity contribution in [1.82, 2.24) is 10.6 Å². The van der Waals surface area contributed by atoms with Gasteiger partial charge in [0.15, 0.2) is 18.1 Å². The third kappa shape index (κ3) is 5.83. The molecular weight excluding hydrogens is 436 g/mol. The first-order chi connectivity index (χ1) is 16.2. The molecule has 4 aliphatic carbocycles. The summed E-state index contributed by atoms with van der Waals surface area (Å²) in [6, 6.07) is 4.22. The first-order valence-electron chi connectivity index (χ1n) is 12.3. The molecule has 0 heterocycles. The van der Waals surface area contributed by atoms with Crippen LogP contribution in [0.5, 0.6) is 11.5 Å². The van der Waals surface area contributed by atoms with Crippen molar-refractivity contribution in [3.63, 3.8) is 0 Å². The maximum absolute atomic E-state index is 12.5. The molecule has 4 saturated carbocycles. The van der Waals surface area contributed by atoms with Gasteiger partial charge >= 0.3 is 12.0 Å². The van der Waals surface area contributed by atoms with Crippen molar-refractivity contribution in [2.24, 2.45) is 23.7 Å². The topological polar surface area (TPSA) is 103 Å². The molecule has 2 N–H and O–H groups in total. The van der Waals surface area contributed by atoms with Gasteiger partial charge in [-0.15, -0.1) is 0 Å². The van der Waals surface area contributed by atoms with E-state index in [-0.39, 0.29) is 11.1 Å². The van der Waals surface area contributed by atoms with Crippen molar-refractivity contribution in [2.75, 3.05) is 20.3 Å². The van der Waals surface area contributed by atoms with Crippen LogP contribution in [0.4, 0.5) is 4.79 Å². The molecule has 0 atom stereocenters. The van der Waals surface area contributed by atoms with Crippen LogP contribution in [0.25, 0.3) is 0 Å². The van der Waals surface area contributed by atoms with E-state index in [1.807, 2.05) is 0 Å². The van der Waals surface area contributed by atoms with E-state index in [9.17, 15) is 14.4 Å². The smallest absolute Gasteiger partial charge is 0.338 e. The maximum atomic E-state index is 12.5. The fourth-order valence-electron chi connectivity index (χ4n) is 6.23. The Morgan fingerprint density at radius 2 is 1.68 bits per heavy atom. The van der Waals surface area contributed by atoms with Gasteiger partial charge < -0.3 is 19.5 Å². The first-order valence-corrected chi connectivity index (χ1v) is 12.3. The van der Waals surface area contributed by atoms with Gasteiger partial charge in [-0.1, -0.05) is 13.8 Å². The van der Waals surface area contributed by atoms with Crippen molar-refractivity contribution in [3.8, 4) is 11.5 Å². The number of carbonyl (C=O) groups is 3. The highest BCUT2D eigenvalue weighted by Crippen LogP contribution is 2.55. The van der Waals surface area contributed by atoms with E-state index in [0.29, 0.717) is 41.8 Å². The number of carbonyl (C=O) groups excluding carboxylic acids is 3. The van der Waals surface area contributed by atoms with E-state index in [4.69, 9.17) is 14.2 Å². The maximum Gasteiger partial charge on any atom is 0.338 e. The molecule has 0 aromatic heterocycles. The standard InChI is InChI=1S/C26H36N2O6/c1-16(2)6-7-33-21-5-4-20(11-22(21)32-3)24(30)34-15-23(29)27-25(31)28-26-12-17-8-18(13-26)10-19(9-17)14-26/h4-5,11,16-19H,6-10,12-15H2,1-3H3,(H2,27,28,29,31). The minimum Gasteiger partial charge on any atom is -0.493 e. The van der Waals surface area contributed by atoms with E-state index < -0.39 is 24.5 Å². The van der Waals surface area contributed by atoms with Gasteiger partial charge in [0.1, 0.15) is 0 Å². The zero-order chi connectivity index (χ0) is 24.3. The summed E-state index contributed by atoms with van der Waals surface area (Å²) >= 11 is 0. The number of hydrogen-bond acceptors (Lipinski definition) is 6. The number of rotatable bonds is 9. The molecule has 3 amide bonds. The third-order valence-corrected chi connectivity index (χ3v) is 7.36. The highest BCUT2D eigenvalue weighted by molar-refractivity contribution is 5.97. The van der Waals surface area contributed by atoms with E-state index in [1.165, 1.54) is 32.4 Å². The van der Waals surface area contributed by atoms with Gasteiger partial charge in [-0.05, 0) is 86.8 Å². The lowest BCUT2D eigenvalue weighted by atomic mass is 9.53. The van der Waals surface area contributed by atoms with Gasteiger partial charge in [0.05, 0.1) is 19.3 Å². The fourth-order valence-corrected chi connectivity index (χ4v) is 6.23. The second-order valence-electron chi connectivity index (χ2n) is 10.7. The summed E-state index contributed by atoms with van der Waals surface area (Å²) < 4.78 is 16.2. The SMILES string of the molecule is COc1cc(C(=O)OCC(=O)NC(=O)NC23CC4CC(CC(C4)C2)C3)ccc1OCCC(C)C. The predicted molar refractivity (Wildman–Crippen MR) is 126 cm³/mol. The molecule has 5 rings (SSSR count). The van der Waals surface area contributed by atoms with E-state index in [2.05, 4.69) is 24.5 Å². The molecule has 4 aliphatic rings. The Morgan fingerprint density at radius 3 is 2.26 bits per heavy atom. The molecule has 0 radical (unpaired) electrons. The van der Waals surface area contributed by atoms with Crippen LogP contribution >= 0.6 is 0 Å². The fraction of sp³-hybridized carbons (Fsp3) is 0.654. The number of ether oxygens (including phenoxy) is 3. The van der Waals surface area contributed by atoms with Crippen LogP contribution in [0.2, 0.25) is 0 Å². The molecule has 1 aromatic carbocycles. The summed E-state index contributed by atoms with van der Waals surface area (Å²) in [6.45, 7) is 4.23. The summed E-state index contributed by atoms with van der Waals surface area (Å²) in [5.74, 6) is 2.20. The summed E-state index contributed by atoms with van der Waals surface area (Å²) in [7, 11) is 1.50. The quantitative estimate of drug-likeness (QED) is 0.525. The van der Waals surface area contributed by atoms with Gasteiger partial charge in [-0.3, -0.25) is 10.1 Å². The van der Waals surface area contributed by atoms with Crippen LogP contribution in [0.3, 0.4) is 0 Å².